The van der Waals surface area contributed by atoms with Crippen LogP contribution in [0.3, 0.4) is 0 Å². The number of aromatic nitrogens is 2. The van der Waals surface area contributed by atoms with Gasteiger partial charge in [-0.3, -0.25) is 4.79 Å². The number of aromatic carboxylic acids is 1. The van der Waals surface area contributed by atoms with E-state index in [-0.39, 0.29) is 129 Å². The molecule has 0 spiro atoms. The van der Waals surface area contributed by atoms with E-state index in [4.69, 9.17) is 31.5 Å². The van der Waals surface area contributed by atoms with Crippen LogP contribution >= 0.6 is 43.5 Å². The summed E-state index contributed by atoms with van der Waals surface area (Å²) in [5.74, 6) is -0.680. The largest absolute Gasteiger partial charge is 1.00 e. The topological polar surface area (TPSA) is 145 Å². The number of alkyl halides is 1. The Balaban J connectivity index is 0.000000683. The van der Waals surface area contributed by atoms with Gasteiger partial charge in [-0.25, -0.2) is 9.59 Å². The first-order valence-corrected chi connectivity index (χ1v) is 15.2. The van der Waals surface area contributed by atoms with E-state index in [1.165, 1.54) is 5.56 Å². The fourth-order valence-electron chi connectivity index (χ4n) is 3.83. The Labute approximate surface area is 379 Å². The van der Waals surface area contributed by atoms with Gasteiger partial charge in [0.15, 0.2) is 0 Å². The monoisotopic (exact) mass is 834 g/mol. The molecule has 0 unspecified atom stereocenters. The molecule has 0 aliphatic heterocycles. The number of esters is 1. The summed E-state index contributed by atoms with van der Waals surface area (Å²) in [5.41, 5.74) is 4.54. The van der Waals surface area contributed by atoms with E-state index < -0.39 is 5.97 Å². The van der Waals surface area contributed by atoms with Gasteiger partial charge in [-0.05, 0) is 67.3 Å². The van der Waals surface area contributed by atoms with Crippen LogP contribution in [0.25, 0.3) is 21.8 Å². The molecule has 2 aromatic heterocycles. The molecule has 0 atom stereocenters. The summed E-state index contributed by atoms with van der Waals surface area (Å²) in [5, 5.41) is 19.0. The molecule has 2 heterocycles. The van der Waals surface area contributed by atoms with Crippen molar-refractivity contribution in [1.82, 2.24) is 9.97 Å². The Morgan fingerprint density at radius 2 is 1.21 bits per heavy atom. The molecule has 0 saturated heterocycles. The van der Waals surface area contributed by atoms with Crippen molar-refractivity contribution in [3.63, 3.8) is 0 Å². The molecule has 0 aliphatic carbocycles. The zero-order valence-electron chi connectivity index (χ0n) is 26.4. The normalized spacial score (nSPS) is 9.45. The number of carbonyl (C=O) groups is 3. The number of carbonyl (C=O) groups excluding carboxylic acids is 2. The van der Waals surface area contributed by atoms with Gasteiger partial charge in [0, 0.05) is 25.6 Å². The molecule has 0 amide bonds. The number of aromatic amines is 2. The summed E-state index contributed by atoms with van der Waals surface area (Å²) in [6.07, 6.45) is 0. The Bertz CT molecular complexity index is 1850. The molecule has 47 heavy (non-hydrogen) atoms. The number of fused-ring (bicyclic) bond motifs is 2. The van der Waals surface area contributed by atoms with E-state index >= 15 is 0 Å². The van der Waals surface area contributed by atoms with Crippen molar-refractivity contribution in [2.75, 3.05) is 0 Å². The van der Waals surface area contributed by atoms with Gasteiger partial charge in [-0.1, -0.05) is 84.9 Å². The van der Waals surface area contributed by atoms with E-state index in [0.29, 0.717) is 11.6 Å². The van der Waals surface area contributed by atoms with E-state index in [1.54, 1.807) is 12.1 Å². The summed E-state index contributed by atoms with van der Waals surface area (Å²) < 4.78 is 7.10. The van der Waals surface area contributed by atoms with E-state index in [9.17, 15) is 9.59 Å². The van der Waals surface area contributed by atoms with E-state index in [0.717, 1.165) is 36.3 Å². The Morgan fingerprint density at radius 1 is 0.766 bits per heavy atom. The standard InChI is InChI=1S/C16H12BrNO2.C9H6BrNO2.C7H7Cl.CH2O3.2K.H/c17-13-8-4-7-12-9-14(18-15(12)13)16(19)20-10-11-5-2-1-3-6-11;10-6-3-1-2-5-4-7(9(12)13)11-8(5)6;8-6-7-4-2-1-3-5-7;2-1-4-3;;;/h1-9,18H,10H2;1-4,11H,(H,12,13);1-5H,6H2;1,3H;;;/q;;;;2*+1;-1/p-1. The molecule has 3 N–H and O–H groups in total. The van der Waals surface area contributed by atoms with Crippen molar-refractivity contribution >= 4 is 83.7 Å². The minimum atomic E-state index is -0.942. The van der Waals surface area contributed by atoms with Crippen molar-refractivity contribution in [1.29, 1.82) is 0 Å². The number of hydrogen-bond acceptors (Lipinski definition) is 6. The maximum Gasteiger partial charge on any atom is 1.00 e. The Morgan fingerprint density at radius 3 is 1.62 bits per heavy atom. The number of nitrogens with one attached hydrogen (secondary N) is 2. The number of carboxylic acid groups (broad SMARTS) is 1. The molecule has 6 rings (SSSR count). The maximum absolute atomic E-state index is 12.0. The molecule has 0 bridgehead atoms. The van der Waals surface area contributed by atoms with Crippen molar-refractivity contribution in [2.24, 2.45) is 0 Å². The van der Waals surface area contributed by atoms with Gasteiger partial charge in [-0.2, -0.15) is 0 Å². The average Bonchev–Trinajstić information content (AvgIpc) is 3.72. The van der Waals surface area contributed by atoms with E-state index in [2.05, 4.69) is 46.7 Å². The van der Waals surface area contributed by atoms with Gasteiger partial charge in [-0.15, -0.1) is 11.6 Å². The summed E-state index contributed by atoms with van der Waals surface area (Å²) in [4.78, 5) is 39.8. The minimum absolute atomic E-state index is 0. The van der Waals surface area contributed by atoms with Gasteiger partial charge in [0.2, 0.25) is 0 Å². The van der Waals surface area contributed by atoms with Crippen LogP contribution in [-0.2, 0) is 26.9 Å². The zero-order valence-corrected chi connectivity index (χ0v) is 35.6. The molecular formula is C33H27Br2ClK2N2O7. The summed E-state index contributed by atoms with van der Waals surface area (Å²) in [7, 11) is 0. The van der Waals surface area contributed by atoms with Crippen LogP contribution in [0.1, 0.15) is 33.5 Å². The summed E-state index contributed by atoms with van der Waals surface area (Å²) >= 11 is 12.3. The van der Waals surface area contributed by atoms with Crippen molar-refractivity contribution < 1.29 is 139 Å². The zero-order chi connectivity index (χ0) is 32.6. The average molecular weight is 837 g/mol. The summed E-state index contributed by atoms with van der Waals surface area (Å²) in [6.45, 7) is 0.0935. The van der Waals surface area contributed by atoms with Gasteiger partial charge >= 0.3 is 115 Å². The molecule has 14 heteroatoms. The molecule has 0 saturated carbocycles. The molecule has 9 nitrogen and oxygen atoms in total. The Kier molecular flexibility index (Phi) is 22.5. The maximum atomic E-state index is 12.0. The van der Waals surface area contributed by atoms with Gasteiger partial charge in [0.1, 0.15) is 18.0 Å². The number of H-pyrrole nitrogens is 2. The van der Waals surface area contributed by atoms with E-state index in [1.807, 2.05) is 97.1 Å². The molecule has 0 radical (unpaired) electrons. The number of halogens is 3. The second-order valence-corrected chi connectivity index (χ2v) is 10.9. The SMILES string of the molecule is ClCc1ccccc1.O=C(O)c1cc2cccc(Br)c2[nH]1.O=C(OCc1ccccc1)c1cc2cccc(Br)c2[nH]1.O=CO[O-].[H-].[K+].[K+]. The molecule has 0 fully saturated rings. The van der Waals surface area contributed by atoms with Gasteiger partial charge < -0.3 is 31.4 Å². The van der Waals surface area contributed by atoms with Crippen LogP contribution in [0, 0.1) is 0 Å². The molecule has 6 aromatic rings. The first-order chi connectivity index (χ1) is 21.8. The number of hydrogen-bond donors (Lipinski definition) is 3. The van der Waals surface area contributed by atoms with Crippen LogP contribution in [0.4, 0.5) is 0 Å². The van der Waals surface area contributed by atoms with Gasteiger partial charge in [0.05, 0.1) is 11.0 Å². The number of para-hydroxylation sites is 2. The third-order valence-electron chi connectivity index (χ3n) is 5.91. The Hall–Kier alpha value is -1.15. The number of carboxylic acids is 1. The van der Waals surface area contributed by atoms with Crippen LogP contribution < -0.4 is 108 Å². The smallest absolute Gasteiger partial charge is 1.00 e. The minimum Gasteiger partial charge on any atom is -1.00 e. The number of benzene rings is 4. The fraction of sp³-hybridized carbons (Fsp3) is 0.0606. The van der Waals surface area contributed by atoms with Crippen LogP contribution in [-0.4, -0.2) is 33.5 Å². The molecular weight excluding hydrogens is 810 g/mol. The predicted molar refractivity (Wildman–Crippen MR) is 179 cm³/mol. The third-order valence-corrected chi connectivity index (χ3v) is 7.54. The quantitative estimate of drug-likeness (QED) is 0.0581. The summed E-state index contributed by atoms with van der Waals surface area (Å²) in [6, 6.07) is 34.4. The van der Waals surface area contributed by atoms with Crippen LogP contribution in [0.5, 0.6) is 0 Å². The number of ether oxygens (including phenoxy) is 1. The van der Waals surface area contributed by atoms with Gasteiger partial charge in [0.25, 0.3) is 6.47 Å². The van der Waals surface area contributed by atoms with Crippen molar-refractivity contribution in [2.45, 2.75) is 12.5 Å². The predicted octanol–water partition coefficient (Wildman–Crippen LogP) is 1.90. The molecule has 4 aromatic carbocycles. The molecule has 234 valence electrons. The second kappa shape index (κ2) is 24.1. The second-order valence-electron chi connectivity index (χ2n) is 8.95. The molecule has 0 aliphatic rings. The van der Waals surface area contributed by atoms with Crippen LogP contribution in [0.15, 0.2) is 118 Å². The van der Waals surface area contributed by atoms with Crippen molar-refractivity contribution in [3.05, 3.63) is 141 Å². The first-order valence-electron chi connectivity index (χ1n) is 13.1. The van der Waals surface area contributed by atoms with Crippen LogP contribution in [0.2, 0.25) is 0 Å². The van der Waals surface area contributed by atoms with Crippen molar-refractivity contribution in [3.8, 4) is 0 Å². The first kappa shape index (κ1) is 43.9. The fourth-order valence-corrected chi connectivity index (χ4v) is 4.97. The third kappa shape index (κ3) is 14.7. The number of rotatable bonds is 6.